The minimum atomic E-state index is -0.914. The number of methoxy groups -OCH3 is 1. The van der Waals surface area contributed by atoms with Crippen LogP contribution in [-0.4, -0.2) is 51.9 Å². The molecule has 1 saturated heterocycles. The number of carbonyl (C=O) groups is 2. The minimum Gasteiger partial charge on any atom is -0.497 e. The maximum Gasteiger partial charge on any atom is 0.325 e. The molecule has 1 N–H and O–H groups in total. The summed E-state index contributed by atoms with van der Waals surface area (Å²) < 4.78 is 6.66. The summed E-state index contributed by atoms with van der Waals surface area (Å²) in [5, 5.41) is 13.2. The second kappa shape index (κ2) is 8.70. The Bertz CT molecular complexity index is 802. The molecule has 144 valence electrons. The van der Waals surface area contributed by atoms with Crippen molar-refractivity contribution in [3.8, 4) is 5.75 Å². The highest BCUT2D eigenvalue weighted by atomic mass is 16.5. The van der Waals surface area contributed by atoms with Crippen molar-refractivity contribution in [1.82, 2.24) is 14.7 Å². The van der Waals surface area contributed by atoms with Crippen LogP contribution in [0.25, 0.3) is 0 Å². The van der Waals surface area contributed by atoms with E-state index in [4.69, 9.17) is 9.84 Å². The van der Waals surface area contributed by atoms with E-state index in [1.165, 1.54) is 4.68 Å². The monoisotopic (exact) mass is 371 g/mol. The number of carbonyl (C=O) groups excluding carboxylic acids is 1. The van der Waals surface area contributed by atoms with Crippen LogP contribution in [0.2, 0.25) is 0 Å². The van der Waals surface area contributed by atoms with Crippen LogP contribution >= 0.6 is 0 Å². The van der Waals surface area contributed by atoms with Crippen molar-refractivity contribution in [3.63, 3.8) is 0 Å². The fourth-order valence-corrected chi connectivity index (χ4v) is 3.50. The Morgan fingerprint density at radius 1 is 1.33 bits per heavy atom. The van der Waals surface area contributed by atoms with Gasteiger partial charge in [0, 0.05) is 31.6 Å². The third-order valence-corrected chi connectivity index (χ3v) is 4.91. The van der Waals surface area contributed by atoms with Crippen LogP contribution in [0.4, 0.5) is 0 Å². The SMILES string of the molecule is COc1cccc(CCC(=O)N2CCC[C@@H](c3ccn(CC(=O)O)n3)C2)c1. The van der Waals surface area contributed by atoms with Crippen molar-refractivity contribution in [2.45, 2.75) is 38.1 Å². The van der Waals surface area contributed by atoms with Crippen LogP contribution in [0.15, 0.2) is 36.5 Å². The van der Waals surface area contributed by atoms with E-state index < -0.39 is 5.97 Å². The molecular formula is C20H25N3O4. The van der Waals surface area contributed by atoms with Gasteiger partial charge in [-0.3, -0.25) is 14.3 Å². The number of ether oxygens (including phenoxy) is 1. The quantitative estimate of drug-likeness (QED) is 0.807. The van der Waals surface area contributed by atoms with Crippen LogP contribution in [-0.2, 0) is 22.6 Å². The largest absolute Gasteiger partial charge is 0.497 e. The van der Waals surface area contributed by atoms with Crippen LogP contribution in [0.1, 0.15) is 36.4 Å². The number of aromatic nitrogens is 2. The minimum absolute atomic E-state index is 0.143. The number of aryl methyl sites for hydroxylation is 1. The highest BCUT2D eigenvalue weighted by Crippen LogP contribution is 2.26. The number of rotatable bonds is 7. The van der Waals surface area contributed by atoms with E-state index in [9.17, 15) is 9.59 Å². The maximum atomic E-state index is 12.6. The summed E-state index contributed by atoms with van der Waals surface area (Å²) in [6.45, 7) is 1.26. The molecule has 1 amide bonds. The number of amides is 1. The van der Waals surface area contributed by atoms with Gasteiger partial charge < -0.3 is 14.7 Å². The summed E-state index contributed by atoms with van der Waals surface area (Å²) in [4.78, 5) is 25.4. The van der Waals surface area contributed by atoms with Gasteiger partial charge in [0.15, 0.2) is 0 Å². The van der Waals surface area contributed by atoms with Gasteiger partial charge in [-0.1, -0.05) is 12.1 Å². The van der Waals surface area contributed by atoms with Gasteiger partial charge in [0.1, 0.15) is 12.3 Å². The summed E-state index contributed by atoms with van der Waals surface area (Å²) in [5.74, 6) is 0.194. The van der Waals surface area contributed by atoms with E-state index in [1.807, 2.05) is 35.2 Å². The number of hydrogen-bond acceptors (Lipinski definition) is 4. The average Bonchev–Trinajstić information content (AvgIpc) is 3.14. The first-order chi connectivity index (χ1) is 13.0. The molecule has 0 saturated carbocycles. The zero-order valence-corrected chi connectivity index (χ0v) is 15.5. The molecule has 1 aromatic carbocycles. The highest BCUT2D eigenvalue weighted by Gasteiger charge is 2.26. The molecular weight excluding hydrogens is 346 g/mol. The second-order valence-electron chi connectivity index (χ2n) is 6.86. The third-order valence-electron chi connectivity index (χ3n) is 4.91. The van der Waals surface area contributed by atoms with E-state index in [0.29, 0.717) is 19.4 Å². The fourth-order valence-electron chi connectivity index (χ4n) is 3.50. The Hall–Kier alpha value is -2.83. The first-order valence-electron chi connectivity index (χ1n) is 9.21. The van der Waals surface area contributed by atoms with Crippen molar-refractivity contribution in [2.75, 3.05) is 20.2 Å². The van der Waals surface area contributed by atoms with Crippen LogP contribution in [0, 0.1) is 0 Å². The zero-order valence-electron chi connectivity index (χ0n) is 15.5. The van der Waals surface area contributed by atoms with Gasteiger partial charge in [-0.25, -0.2) is 0 Å². The number of piperidine rings is 1. The van der Waals surface area contributed by atoms with Gasteiger partial charge in [-0.05, 0) is 43.0 Å². The molecule has 0 aliphatic carbocycles. The Labute approximate surface area is 158 Å². The van der Waals surface area contributed by atoms with Crippen molar-refractivity contribution < 1.29 is 19.4 Å². The summed E-state index contributed by atoms with van der Waals surface area (Å²) in [6.07, 6.45) is 4.73. The van der Waals surface area contributed by atoms with Gasteiger partial charge in [-0.15, -0.1) is 0 Å². The zero-order chi connectivity index (χ0) is 19.2. The van der Waals surface area contributed by atoms with Gasteiger partial charge in [0.05, 0.1) is 12.8 Å². The molecule has 3 rings (SSSR count). The molecule has 7 heteroatoms. The lowest BCUT2D eigenvalue weighted by molar-refractivity contribution is -0.138. The normalized spacial score (nSPS) is 16.9. The molecule has 0 unspecified atom stereocenters. The van der Waals surface area contributed by atoms with Crippen LogP contribution in [0.3, 0.4) is 0 Å². The first-order valence-corrected chi connectivity index (χ1v) is 9.21. The third kappa shape index (κ3) is 5.09. The molecule has 27 heavy (non-hydrogen) atoms. The van der Waals surface area contributed by atoms with Crippen molar-refractivity contribution in [3.05, 3.63) is 47.8 Å². The van der Waals surface area contributed by atoms with Gasteiger partial charge in [-0.2, -0.15) is 5.10 Å². The number of benzene rings is 1. The molecule has 2 heterocycles. The van der Waals surface area contributed by atoms with Gasteiger partial charge in [0.25, 0.3) is 0 Å². The number of carboxylic acid groups (broad SMARTS) is 1. The van der Waals surface area contributed by atoms with E-state index in [2.05, 4.69) is 5.10 Å². The van der Waals surface area contributed by atoms with Gasteiger partial charge in [0.2, 0.25) is 5.91 Å². The molecule has 1 aliphatic rings. The van der Waals surface area contributed by atoms with Crippen LogP contribution < -0.4 is 4.74 Å². The molecule has 2 aromatic rings. The Morgan fingerprint density at radius 2 is 2.19 bits per heavy atom. The van der Waals surface area contributed by atoms with E-state index in [-0.39, 0.29) is 18.4 Å². The summed E-state index contributed by atoms with van der Waals surface area (Å²) in [7, 11) is 1.63. The smallest absolute Gasteiger partial charge is 0.325 e. The molecule has 7 nitrogen and oxygen atoms in total. The lowest BCUT2D eigenvalue weighted by atomic mass is 9.94. The molecule has 1 atom stereocenters. The number of nitrogens with zero attached hydrogens (tertiary/aromatic N) is 3. The van der Waals surface area contributed by atoms with E-state index >= 15 is 0 Å². The predicted octanol–water partition coefficient (Wildman–Crippen LogP) is 2.32. The predicted molar refractivity (Wildman–Crippen MR) is 99.7 cm³/mol. The molecule has 1 fully saturated rings. The Kier molecular flexibility index (Phi) is 6.11. The molecule has 1 aromatic heterocycles. The summed E-state index contributed by atoms with van der Waals surface area (Å²) in [5.41, 5.74) is 1.95. The molecule has 0 bridgehead atoms. The average molecular weight is 371 g/mol. The second-order valence-corrected chi connectivity index (χ2v) is 6.86. The Balaban J connectivity index is 1.56. The number of aliphatic carboxylic acids is 1. The van der Waals surface area contributed by atoms with Crippen molar-refractivity contribution >= 4 is 11.9 Å². The van der Waals surface area contributed by atoms with Crippen LogP contribution in [0.5, 0.6) is 5.75 Å². The topological polar surface area (TPSA) is 84.7 Å². The van der Waals surface area contributed by atoms with Crippen molar-refractivity contribution in [2.24, 2.45) is 0 Å². The standard InChI is InChI=1S/C20H25N3O4/c1-27-17-6-2-4-15(12-17)7-8-19(24)22-10-3-5-16(13-22)18-9-11-23(21-18)14-20(25)26/h2,4,6,9,11-12,16H,3,5,7-8,10,13-14H2,1H3,(H,25,26)/t16-/m1/s1. The van der Waals surface area contributed by atoms with Crippen molar-refractivity contribution in [1.29, 1.82) is 0 Å². The lowest BCUT2D eigenvalue weighted by Gasteiger charge is -2.32. The number of likely N-dealkylation sites (tertiary alicyclic amines) is 1. The number of carboxylic acids is 1. The van der Waals surface area contributed by atoms with E-state index in [0.717, 1.165) is 36.4 Å². The number of hydrogen-bond donors (Lipinski definition) is 1. The van der Waals surface area contributed by atoms with Gasteiger partial charge >= 0.3 is 5.97 Å². The highest BCUT2D eigenvalue weighted by molar-refractivity contribution is 5.76. The summed E-state index contributed by atoms with van der Waals surface area (Å²) >= 11 is 0. The summed E-state index contributed by atoms with van der Waals surface area (Å²) in [6, 6.07) is 9.65. The maximum absolute atomic E-state index is 12.6. The molecule has 1 aliphatic heterocycles. The lowest BCUT2D eigenvalue weighted by Crippen LogP contribution is -2.39. The van der Waals surface area contributed by atoms with E-state index in [1.54, 1.807) is 13.3 Å². The molecule has 0 radical (unpaired) electrons. The molecule has 0 spiro atoms. The fraction of sp³-hybridized carbons (Fsp3) is 0.450. The Morgan fingerprint density at radius 3 is 2.96 bits per heavy atom. The first kappa shape index (κ1) is 18.9.